The lowest BCUT2D eigenvalue weighted by Crippen LogP contribution is -2.56. The second-order valence-corrected chi connectivity index (χ2v) is 7.38. The second-order valence-electron chi connectivity index (χ2n) is 7.38. The van der Waals surface area contributed by atoms with Gasteiger partial charge in [0, 0.05) is 33.1 Å². The predicted molar refractivity (Wildman–Crippen MR) is 83.6 cm³/mol. The van der Waals surface area contributed by atoms with Gasteiger partial charge in [0.05, 0.1) is 23.3 Å². The normalized spacial score (nSPS) is 20.8. The third kappa shape index (κ3) is 2.72. The number of rotatable bonds is 0. The van der Waals surface area contributed by atoms with Gasteiger partial charge in [-0.25, -0.2) is 9.78 Å². The van der Waals surface area contributed by atoms with Crippen LogP contribution in [-0.2, 0) is 23.7 Å². The van der Waals surface area contributed by atoms with Crippen molar-refractivity contribution in [1.82, 2.24) is 19.8 Å². The molecule has 3 rings (SSSR count). The van der Waals surface area contributed by atoms with E-state index in [1.165, 1.54) is 11.4 Å². The average Bonchev–Trinajstić information content (AvgIpc) is 2.81. The number of amides is 1. The van der Waals surface area contributed by atoms with Gasteiger partial charge in [-0.05, 0) is 33.6 Å². The van der Waals surface area contributed by atoms with Crippen LogP contribution in [0.15, 0.2) is 6.33 Å². The minimum absolute atomic E-state index is 0.0443. The molecular weight excluding hydrogens is 280 g/mol. The van der Waals surface area contributed by atoms with Gasteiger partial charge in [0.2, 0.25) is 0 Å². The molecule has 0 aliphatic carbocycles. The number of hydrogen-bond donors (Lipinski definition) is 1. The van der Waals surface area contributed by atoms with Gasteiger partial charge >= 0.3 is 6.09 Å². The Morgan fingerprint density at radius 2 is 2.05 bits per heavy atom. The molecule has 0 unspecified atom stereocenters. The number of aryl methyl sites for hydroxylation is 1. The number of likely N-dealkylation sites (tertiary alicyclic amines) is 1. The van der Waals surface area contributed by atoms with E-state index in [0.717, 1.165) is 25.8 Å². The maximum absolute atomic E-state index is 12.2. The zero-order valence-corrected chi connectivity index (χ0v) is 14.0. The van der Waals surface area contributed by atoms with E-state index in [-0.39, 0.29) is 11.6 Å². The molecule has 1 saturated heterocycles. The molecule has 1 spiro atoms. The zero-order chi connectivity index (χ0) is 16.0. The SMILES string of the molecule is Cn1cnc2c1C1(CCN(C(=O)OC(C)(C)C)CC1)NCC2. The number of ether oxygens (including phenoxy) is 1. The van der Waals surface area contributed by atoms with Gasteiger partial charge in [-0.15, -0.1) is 0 Å². The van der Waals surface area contributed by atoms with Crippen molar-refractivity contribution in [3.63, 3.8) is 0 Å². The van der Waals surface area contributed by atoms with Gasteiger partial charge in [-0.2, -0.15) is 0 Å². The summed E-state index contributed by atoms with van der Waals surface area (Å²) < 4.78 is 7.61. The fourth-order valence-corrected chi connectivity index (χ4v) is 3.59. The quantitative estimate of drug-likeness (QED) is 0.794. The summed E-state index contributed by atoms with van der Waals surface area (Å²) in [5.41, 5.74) is 2.01. The van der Waals surface area contributed by atoms with Crippen LogP contribution < -0.4 is 5.32 Å². The van der Waals surface area contributed by atoms with Crippen LogP contribution in [0.25, 0.3) is 0 Å². The molecule has 22 heavy (non-hydrogen) atoms. The summed E-state index contributed by atoms with van der Waals surface area (Å²) in [6.45, 7) is 8.10. The number of nitrogens with one attached hydrogen (secondary N) is 1. The summed E-state index contributed by atoms with van der Waals surface area (Å²) in [6.07, 6.45) is 4.48. The highest BCUT2D eigenvalue weighted by Gasteiger charge is 2.43. The number of hydrogen-bond acceptors (Lipinski definition) is 4. The number of carbonyl (C=O) groups is 1. The van der Waals surface area contributed by atoms with Gasteiger partial charge in [-0.3, -0.25) is 0 Å². The van der Waals surface area contributed by atoms with E-state index in [2.05, 4.69) is 21.9 Å². The van der Waals surface area contributed by atoms with Crippen molar-refractivity contribution >= 4 is 6.09 Å². The first-order valence-electron chi connectivity index (χ1n) is 8.04. The van der Waals surface area contributed by atoms with Crippen LogP contribution in [0.4, 0.5) is 4.79 Å². The number of carbonyl (C=O) groups excluding carboxylic acids is 1. The Morgan fingerprint density at radius 1 is 1.36 bits per heavy atom. The van der Waals surface area contributed by atoms with Crippen molar-refractivity contribution in [2.75, 3.05) is 19.6 Å². The first-order valence-corrected chi connectivity index (χ1v) is 8.04. The number of piperidine rings is 1. The van der Waals surface area contributed by atoms with Crippen LogP contribution in [0.5, 0.6) is 0 Å². The number of nitrogens with zero attached hydrogens (tertiary/aromatic N) is 3. The van der Waals surface area contributed by atoms with Crippen molar-refractivity contribution in [3.05, 3.63) is 17.7 Å². The Labute approximate surface area is 131 Å². The molecule has 122 valence electrons. The van der Waals surface area contributed by atoms with Gasteiger partial charge in [-0.1, -0.05) is 0 Å². The largest absolute Gasteiger partial charge is 0.444 e. The molecule has 1 amide bonds. The first kappa shape index (κ1) is 15.3. The third-order valence-electron chi connectivity index (χ3n) is 4.56. The summed E-state index contributed by atoms with van der Waals surface area (Å²) in [7, 11) is 2.06. The standard InChI is InChI=1S/C16H26N4O2/c1-15(2,3)22-14(21)20-9-6-16(7-10-20)13-12(5-8-18-16)17-11-19(13)4/h11,18H,5-10H2,1-4H3. The van der Waals surface area contributed by atoms with Crippen LogP contribution in [0.3, 0.4) is 0 Å². The predicted octanol–water partition coefficient (Wildman–Crippen LogP) is 1.79. The molecule has 1 N–H and O–H groups in total. The van der Waals surface area contributed by atoms with Crippen LogP contribution in [0.2, 0.25) is 0 Å². The molecule has 2 aliphatic rings. The summed E-state index contributed by atoms with van der Waals surface area (Å²) >= 11 is 0. The Bertz CT molecular complexity index is 565. The van der Waals surface area contributed by atoms with E-state index in [1.54, 1.807) is 0 Å². The van der Waals surface area contributed by atoms with E-state index < -0.39 is 5.60 Å². The van der Waals surface area contributed by atoms with Gasteiger partial charge in [0.15, 0.2) is 0 Å². The second kappa shape index (κ2) is 5.26. The number of imidazole rings is 1. The number of fused-ring (bicyclic) bond motifs is 2. The van der Waals surface area contributed by atoms with Crippen molar-refractivity contribution < 1.29 is 9.53 Å². The molecule has 0 bridgehead atoms. The molecular formula is C16H26N4O2. The van der Waals surface area contributed by atoms with Crippen LogP contribution >= 0.6 is 0 Å². The molecule has 2 aliphatic heterocycles. The Hall–Kier alpha value is -1.56. The van der Waals surface area contributed by atoms with Crippen molar-refractivity contribution in [2.45, 2.75) is 51.2 Å². The highest BCUT2D eigenvalue weighted by molar-refractivity contribution is 5.68. The number of aromatic nitrogens is 2. The summed E-state index contributed by atoms with van der Waals surface area (Å²) in [4.78, 5) is 18.6. The summed E-state index contributed by atoms with van der Waals surface area (Å²) in [5, 5.41) is 3.69. The fraction of sp³-hybridized carbons (Fsp3) is 0.750. The van der Waals surface area contributed by atoms with Crippen molar-refractivity contribution in [3.8, 4) is 0 Å². The summed E-state index contributed by atoms with van der Waals surface area (Å²) in [5.74, 6) is 0. The van der Waals surface area contributed by atoms with Crippen LogP contribution in [-0.4, -0.2) is 45.8 Å². The zero-order valence-electron chi connectivity index (χ0n) is 14.0. The topological polar surface area (TPSA) is 59.4 Å². The first-order chi connectivity index (χ1) is 10.3. The molecule has 1 aromatic rings. The molecule has 0 radical (unpaired) electrons. The molecule has 0 aromatic carbocycles. The fourth-order valence-electron chi connectivity index (χ4n) is 3.59. The molecule has 6 nitrogen and oxygen atoms in total. The lowest BCUT2D eigenvalue weighted by molar-refractivity contribution is 0.0134. The average molecular weight is 306 g/mol. The monoisotopic (exact) mass is 306 g/mol. The van der Waals surface area contributed by atoms with Crippen LogP contribution in [0.1, 0.15) is 45.0 Å². The van der Waals surface area contributed by atoms with E-state index in [4.69, 9.17) is 4.74 Å². The van der Waals surface area contributed by atoms with Gasteiger partial charge in [0.25, 0.3) is 0 Å². The van der Waals surface area contributed by atoms with Crippen LogP contribution in [0, 0.1) is 0 Å². The van der Waals surface area contributed by atoms with Gasteiger partial charge < -0.3 is 19.5 Å². The maximum atomic E-state index is 12.2. The molecule has 1 aromatic heterocycles. The highest BCUT2D eigenvalue weighted by atomic mass is 16.6. The minimum atomic E-state index is -0.440. The molecule has 1 fully saturated rings. The Kier molecular flexibility index (Phi) is 3.67. The summed E-state index contributed by atoms with van der Waals surface area (Å²) in [6, 6.07) is 0. The Morgan fingerprint density at radius 3 is 2.68 bits per heavy atom. The van der Waals surface area contributed by atoms with Crippen molar-refractivity contribution in [1.29, 1.82) is 0 Å². The van der Waals surface area contributed by atoms with E-state index in [9.17, 15) is 4.79 Å². The molecule has 6 heteroatoms. The lowest BCUT2D eigenvalue weighted by atomic mass is 9.80. The minimum Gasteiger partial charge on any atom is -0.444 e. The smallest absolute Gasteiger partial charge is 0.410 e. The molecule has 0 saturated carbocycles. The lowest BCUT2D eigenvalue weighted by Gasteiger charge is -2.45. The van der Waals surface area contributed by atoms with Gasteiger partial charge in [0.1, 0.15) is 5.60 Å². The molecule has 3 heterocycles. The van der Waals surface area contributed by atoms with E-state index >= 15 is 0 Å². The van der Waals surface area contributed by atoms with E-state index in [0.29, 0.717) is 13.1 Å². The van der Waals surface area contributed by atoms with E-state index in [1.807, 2.05) is 32.0 Å². The third-order valence-corrected chi connectivity index (χ3v) is 4.56. The maximum Gasteiger partial charge on any atom is 0.410 e. The Balaban J connectivity index is 1.72. The molecule has 0 atom stereocenters. The highest BCUT2D eigenvalue weighted by Crippen LogP contribution is 2.37. The van der Waals surface area contributed by atoms with Crippen molar-refractivity contribution in [2.24, 2.45) is 7.05 Å².